The number of rotatable bonds is 3. The van der Waals surface area contributed by atoms with Crippen molar-refractivity contribution in [1.82, 2.24) is 15.0 Å². The minimum atomic E-state index is -0.0864. The third-order valence-corrected chi connectivity index (χ3v) is 2.04. The molecule has 0 atom stereocenters. The number of aliphatic hydroxyl groups is 1. The first-order chi connectivity index (χ1) is 7.28. The van der Waals surface area contributed by atoms with Crippen molar-refractivity contribution in [1.29, 1.82) is 0 Å². The van der Waals surface area contributed by atoms with Crippen LogP contribution in [0.1, 0.15) is 11.3 Å². The van der Waals surface area contributed by atoms with Gasteiger partial charge < -0.3 is 10.8 Å². The fourth-order valence-corrected chi connectivity index (χ4v) is 1.37. The van der Waals surface area contributed by atoms with Gasteiger partial charge in [0.2, 0.25) is 0 Å². The van der Waals surface area contributed by atoms with Crippen LogP contribution in [-0.4, -0.2) is 20.1 Å². The Morgan fingerprint density at radius 2 is 2.27 bits per heavy atom. The molecule has 0 radical (unpaired) electrons. The Bertz CT molecular complexity index is 452. The van der Waals surface area contributed by atoms with Crippen LogP contribution in [0.15, 0.2) is 30.5 Å². The van der Waals surface area contributed by atoms with Crippen LogP contribution in [0.2, 0.25) is 0 Å². The number of aromatic nitrogens is 3. The van der Waals surface area contributed by atoms with Crippen LogP contribution in [0.4, 0.5) is 5.69 Å². The van der Waals surface area contributed by atoms with E-state index in [0.717, 1.165) is 11.3 Å². The monoisotopic (exact) mass is 204 g/mol. The Balaban J connectivity index is 2.14. The van der Waals surface area contributed by atoms with E-state index in [-0.39, 0.29) is 6.61 Å². The highest BCUT2D eigenvalue weighted by Gasteiger charge is 2.00. The van der Waals surface area contributed by atoms with Gasteiger partial charge in [0.1, 0.15) is 5.69 Å². The van der Waals surface area contributed by atoms with Crippen molar-refractivity contribution in [2.75, 3.05) is 5.73 Å². The van der Waals surface area contributed by atoms with E-state index in [1.807, 2.05) is 24.3 Å². The van der Waals surface area contributed by atoms with Gasteiger partial charge >= 0.3 is 0 Å². The summed E-state index contributed by atoms with van der Waals surface area (Å²) in [5, 5.41) is 16.5. The lowest BCUT2D eigenvalue weighted by molar-refractivity contribution is 0.276. The standard InChI is InChI=1S/C10H12N4O/c11-9-3-1-2-8(4-9)5-14-6-10(7-15)12-13-14/h1-4,6,15H,5,7,11H2. The largest absolute Gasteiger partial charge is 0.399 e. The van der Waals surface area contributed by atoms with Gasteiger partial charge in [-0.15, -0.1) is 5.10 Å². The first kappa shape index (κ1) is 9.67. The number of anilines is 1. The zero-order valence-electron chi connectivity index (χ0n) is 8.17. The number of benzene rings is 1. The quantitative estimate of drug-likeness (QED) is 0.709. The van der Waals surface area contributed by atoms with E-state index in [9.17, 15) is 0 Å². The summed E-state index contributed by atoms with van der Waals surface area (Å²) in [4.78, 5) is 0. The molecular formula is C10H12N4O. The van der Waals surface area contributed by atoms with E-state index in [0.29, 0.717) is 12.2 Å². The molecule has 1 heterocycles. The molecule has 15 heavy (non-hydrogen) atoms. The molecule has 0 fully saturated rings. The summed E-state index contributed by atoms with van der Waals surface area (Å²) in [6, 6.07) is 7.59. The van der Waals surface area contributed by atoms with Gasteiger partial charge in [0, 0.05) is 5.69 Å². The van der Waals surface area contributed by atoms with Gasteiger partial charge in [0.25, 0.3) is 0 Å². The average molecular weight is 204 g/mol. The lowest BCUT2D eigenvalue weighted by Crippen LogP contribution is -2.00. The first-order valence-electron chi connectivity index (χ1n) is 4.62. The number of nitrogens with two attached hydrogens (primary N) is 1. The number of nitrogen functional groups attached to an aromatic ring is 1. The predicted molar refractivity (Wildman–Crippen MR) is 55.9 cm³/mol. The summed E-state index contributed by atoms with van der Waals surface area (Å²) in [6.07, 6.45) is 1.71. The van der Waals surface area contributed by atoms with Crippen molar-refractivity contribution in [2.45, 2.75) is 13.2 Å². The molecule has 78 valence electrons. The Labute approximate surface area is 87.1 Å². The van der Waals surface area contributed by atoms with Crippen LogP contribution in [0.25, 0.3) is 0 Å². The van der Waals surface area contributed by atoms with Crippen molar-refractivity contribution in [3.8, 4) is 0 Å². The summed E-state index contributed by atoms with van der Waals surface area (Å²) >= 11 is 0. The zero-order chi connectivity index (χ0) is 10.7. The van der Waals surface area contributed by atoms with Gasteiger partial charge in [-0.3, -0.25) is 0 Å². The normalized spacial score (nSPS) is 10.5. The molecule has 0 saturated heterocycles. The van der Waals surface area contributed by atoms with Crippen molar-refractivity contribution >= 4 is 5.69 Å². The average Bonchev–Trinajstić information content (AvgIpc) is 2.65. The molecule has 0 saturated carbocycles. The molecule has 0 amide bonds. The summed E-state index contributed by atoms with van der Waals surface area (Å²) < 4.78 is 1.67. The van der Waals surface area contributed by atoms with Gasteiger partial charge in [-0.05, 0) is 17.7 Å². The highest BCUT2D eigenvalue weighted by atomic mass is 16.3. The Hall–Kier alpha value is -1.88. The highest BCUT2D eigenvalue weighted by molar-refractivity contribution is 5.40. The molecule has 1 aromatic carbocycles. The number of nitrogens with zero attached hydrogens (tertiary/aromatic N) is 3. The molecule has 0 unspecified atom stereocenters. The van der Waals surface area contributed by atoms with Gasteiger partial charge in [-0.2, -0.15) is 0 Å². The third-order valence-electron chi connectivity index (χ3n) is 2.04. The van der Waals surface area contributed by atoms with E-state index >= 15 is 0 Å². The molecule has 5 nitrogen and oxygen atoms in total. The summed E-state index contributed by atoms with van der Waals surface area (Å²) in [5.41, 5.74) is 8.02. The Morgan fingerprint density at radius 1 is 1.40 bits per heavy atom. The number of hydrogen-bond donors (Lipinski definition) is 2. The predicted octanol–water partition coefficient (Wildman–Crippen LogP) is 0.401. The van der Waals surface area contributed by atoms with Gasteiger partial charge in [0.05, 0.1) is 19.3 Å². The molecule has 0 spiro atoms. The molecule has 0 aliphatic heterocycles. The van der Waals surface area contributed by atoms with Gasteiger partial charge in [-0.1, -0.05) is 17.3 Å². The topological polar surface area (TPSA) is 77.0 Å². The van der Waals surface area contributed by atoms with E-state index in [4.69, 9.17) is 10.8 Å². The maximum absolute atomic E-state index is 8.83. The molecule has 0 aliphatic rings. The molecule has 0 bridgehead atoms. The summed E-state index contributed by atoms with van der Waals surface area (Å²) in [6.45, 7) is 0.523. The lowest BCUT2D eigenvalue weighted by Gasteiger charge is -2.01. The van der Waals surface area contributed by atoms with Crippen LogP contribution in [0, 0.1) is 0 Å². The van der Waals surface area contributed by atoms with Crippen molar-refractivity contribution in [3.05, 3.63) is 41.7 Å². The van der Waals surface area contributed by atoms with Crippen molar-refractivity contribution in [3.63, 3.8) is 0 Å². The Kier molecular flexibility index (Phi) is 2.64. The number of hydrogen-bond acceptors (Lipinski definition) is 4. The zero-order valence-corrected chi connectivity index (χ0v) is 8.17. The molecule has 5 heteroatoms. The first-order valence-corrected chi connectivity index (χ1v) is 4.62. The van der Waals surface area contributed by atoms with E-state index in [1.165, 1.54) is 0 Å². The smallest absolute Gasteiger partial charge is 0.108 e. The van der Waals surface area contributed by atoms with Gasteiger partial charge in [-0.25, -0.2) is 4.68 Å². The highest BCUT2D eigenvalue weighted by Crippen LogP contribution is 2.07. The van der Waals surface area contributed by atoms with Crippen LogP contribution >= 0.6 is 0 Å². The fraction of sp³-hybridized carbons (Fsp3) is 0.200. The maximum Gasteiger partial charge on any atom is 0.108 e. The minimum Gasteiger partial charge on any atom is -0.399 e. The van der Waals surface area contributed by atoms with Crippen LogP contribution in [0.5, 0.6) is 0 Å². The van der Waals surface area contributed by atoms with Gasteiger partial charge in [0.15, 0.2) is 0 Å². The summed E-state index contributed by atoms with van der Waals surface area (Å²) in [7, 11) is 0. The molecule has 2 rings (SSSR count). The summed E-state index contributed by atoms with van der Waals surface area (Å²) in [5.74, 6) is 0. The second kappa shape index (κ2) is 4.10. The van der Waals surface area contributed by atoms with Crippen molar-refractivity contribution in [2.24, 2.45) is 0 Å². The van der Waals surface area contributed by atoms with Crippen LogP contribution in [-0.2, 0) is 13.2 Å². The Morgan fingerprint density at radius 3 is 2.93 bits per heavy atom. The minimum absolute atomic E-state index is 0.0864. The maximum atomic E-state index is 8.83. The van der Waals surface area contributed by atoms with E-state index in [1.54, 1.807) is 10.9 Å². The lowest BCUT2D eigenvalue weighted by atomic mass is 10.2. The number of aliphatic hydroxyl groups excluding tert-OH is 1. The van der Waals surface area contributed by atoms with Crippen molar-refractivity contribution < 1.29 is 5.11 Å². The molecule has 1 aromatic heterocycles. The fourth-order valence-electron chi connectivity index (χ4n) is 1.37. The second-order valence-electron chi connectivity index (χ2n) is 3.31. The SMILES string of the molecule is Nc1cccc(Cn2cc(CO)nn2)c1. The second-order valence-corrected chi connectivity index (χ2v) is 3.31. The van der Waals surface area contributed by atoms with Crippen LogP contribution < -0.4 is 5.73 Å². The van der Waals surface area contributed by atoms with E-state index < -0.39 is 0 Å². The molecule has 2 aromatic rings. The van der Waals surface area contributed by atoms with Crippen LogP contribution in [0.3, 0.4) is 0 Å². The third kappa shape index (κ3) is 2.32. The molecule has 3 N–H and O–H groups in total. The van der Waals surface area contributed by atoms with E-state index in [2.05, 4.69) is 10.3 Å². The molecule has 0 aliphatic carbocycles. The molecular weight excluding hydrogens is 192 g/mol.